The summed E-state index contributed by atoms with van der Waals surface area (Å²) < 4.78 is 30.0. The average molecular weight is 205 g/mol. The molecule has 1 aromatic heterocycles. The van der Waals surface area contributed by atoms with Crippen molar-refractivity contribution in [1.82, 2.24) is 20.2 Å². The van der Waals surface area contributed by atoms with Crippen molar-refractivity contribution in [2.75, 3.05) is 0 Å². The van der Waals surface area contributed by atoms with Gasteiger partial charge in [-0.1, -0.05) is 0 Å². The maximum Gasteiger partial charge on any atom is 0.285 e. The molecule has 71 valence electrons. The highest BCUT2D eigenvalue weighted by molar-refractivity contribution is 7.84. The van der Waals surface area contributed by atoms with Gasteiger partial charge < -0.3 is 0 Å². The number of aromatic nitrogens is 4. The van der Waals surface area contributed by atoms with Crippen molar-refractivity contribution in [3.8, 4) is 0 Å². The van der Waals surface area contributed by atoms with Gasteiger partial charge in [0, 0.05) is 0 Å². The molecule has 0 unspecified atom stereocenters. The molecule has 0 aromatic carbocycles. The molecule has 9 heteroatoms. The molecule has 0 saturated carbocycles. The third-order valence-corrected chi connectivity index (χ3v) is 1.69. The predicted octanol–water partition coefficient (Wildman–Crippen LogP) is -1.83. The van der Waals surface area contributed by atoms with E-state index in [0.717, 1.165) is 4.68 Å². The van der Waals surface area contributed by atoms with E-state index in [1.165, 1.54) is 6.29 Å². The second kappa shape index (κ2) is 3.58. The smallest absolute Gasteiger partial charge is 0.285 e. The molecule has 0 saturated heterocycles. The number of carbonyl (C=O) groups excluding carboxylic acids is 1. The normalized spacial score (nSPS) is 11.5. The Morgan fingerprint density at radius 3 is 2.77 bits per heavy atom. The Morgan fingerprint density at radius 2 is 2.23 bits per heavy atom. The van der Waals surface area contributed by atoms with Gasteiger partial charge in [-0.25, -0.2) is 4.68 Å². The Kier molecular flexibility index (Phi) is 2.68. The first-order valence-electron chi connectivity index (χ1n) is 3.08. The van der Waals surface area contributed by atoms with Crippen LogP contribution in [0.3, 0.4) is 0 Å². The van der Waals surface area contributed by atoms with Crippen LogP contribution < -0.4 is 0 Å². The largest absolute Gasteiger partial charge is 0.290 e. The third-order valence-electron chi connectivity index (χ3n) is 1.12. The van der Waals surface area contributed by atoms with E-state index < -0.39 is 16.0 Å². The lowest BCUT2D eigenvalue weighted by Crippen LogP contribution is -2.14. The van der Waals surface area contributed by atoms with Gasteiger partial charge in [-0.2, -0.15) is 8.42 Å². The van der Waals surface area contributed by atoms with Crippen LogP contribution in [0, 0.1) is 0 Å². The Labute approximate surface area is 73.3 Å². The molecular formula is C4H5N4O4S. The van der Waals surface area contributed by atoms with Crippen LogP contribution in [0.25, 0.3) is 0 Å². The number of hydrogen-bond donors (Lipinski definition) is 1. The van der Waals surface area contributed by atoms with E-state index in [2.05, 4.69) is 15.5 Å². The Balaban J connectivity index is 2.88. The quantitative estimate of drug-likeness (QED) is 0.575. The van der Waals surface area contributed by atoms with Gasteiger partial charge in [0.15, 0.2) is 11.7 Å². The Bertz CT molecular complexity index is 396. The van der Waals surface area contributed by atoms with E-state index in [4.69, 9.17) is 4.55 Å². The van der Waals surface area contributed by atoms with Crippen molar-refractivity contribution in [3.63, 3.8) is 0 Å². The van der Waals surface area contributed by atoms with Crippen molar-refractivity contribution in [1.29, 1.82) is 0 Å². The maximum absolute atomic E-state index is 10.4. The second-order valence-electron chi connectivity index (χ2n) is 2.13. The van der Waals surface area contributed by atoms with E-state index in [1.807, 2.05) is 0 Å². The summed E-state index contributed by atoms with van der Waals surface area (Å²) in [5.41, 5.74) is 0. The lowest BCUT2D eigenvalue weighted by atomic mass is 10.4. The summed E-state index contributed by atoms with van der Waals surface area (Å²) in [5.74, 6) is -0.732. The topological polar surface area (TPSA) is 115 Å². The summed E-state index contributed by atoms with van der Waals surface area (Å²) in [6.07, 6.45) is 1.29. The number of hydrogen-bond acceptors (Lipinski definition) is 6. The van der Waals surface area contributed by atoms with Crippen molar-refractivity contribution in [2.45, 2.75) is 12.3 Å². The summed E-state index contributed by atoms with van der Waals surface area (Å²) in [4.78, 5) is 9.94. The molecule has 1 radical (unpaired) electrons. The van der Waals surface area contributed by atoms with Crippen LogP contribution in [-0.4, -0.2) is 39.5 Å². The molecule has 1 rings (SSSR count). The van der Waals surface area contributed by atoms with Gasteiger partial charge in [0.25, 0.3) is 10.1 Å². The van der Waals surface area contributed by atoms with E-state index >= 15 is 0 Å². The predicted molar refractivity (Wildman–Crippen MR) is 38.8 cm³/mol. The summed E-state index contributed by atoms with van der Waals surface area (Å²) in [5, 5.41) is 9.74. The van der Waals surface area contributed by atoms with E-state index in [0.29, 0.717) is 0 Å². The first-order chi connectivity index (χ1) is 6.03. The fourth-order valence-corrected chi connectivity index (χ4v) is 1.18. The molecule has 0 aliphatic rings. The second-order valence-corrected chi connectivity index (χ2v) is 3.55. The highest BCUT2D eigenvalue weighted by Crippen LogP contribution is 1.95. The third kappa shape index (κ3) is 2.87. The Morgan fingerprint density at radius 1 is 1.54 bits per heavy atom. The standard InChI is InChI=1S/C4H5N4O4S/c9-2-1-4-5-6-7-8(4)3-13(10,11)12/h1,3H2,(H,10,11,12). The van der Waals surface area contributed by atoms with Crippen LogP contribution in [-0.2, 0) is 27.2 Å². The summed E-state index contributed by atoms with van der Waals surface area (Å²) in [6.45, 7) is 0. The molecule has 0 aliphatic carbocycles. The zero-order valence-electron chi connectivity index (χ0n) is 6.28. The lowest BCUT2D eigenvalue weighted by Gasteiger charge is -1.97. The van der Waals surface area contributed by atoms with Crippen molar-refractivity contribution < 1.29 is 17.8 Å². The zero-order chi connectivity index (χ0) is 9.90. The Hall–Kier alpha value is -1.35. The number of rotatable bonds is 4. The number of tetrazole rings is 1. The maximum atomic E-state index is 10.4. The highest BCUT2D eigenvalue weighted by Gasteiger charge is 2.12. The van der Waals surface area contributed by atoms with Crippen LogP contribution >= 0.6 is 0 Å². The molecule has 1 heterocycles. The van der Waals surface area contributed by atoms with Crippen LogP contribution in [0.1, 0.15) is 5.82 Å². The summed E-state index contributed by atoms with van der Waals surface area (Å²) in [6, 6.07) is 0. The first-order valence-corrected chi connectivity index (χ1v) is 4.69. The lowest BCUT2D eigenvalue weighted by molar-refractivity contribution is 0.462. The minimum atomic E-state index is -4.20. The molecule has 13 heavy (non-hydrogen) atoms. The summed E-state index contributed by atoms with van der Waals surface area (Å²) in [7, 11) is -4.20. The molecule has 1 N–H and O–H groups in total. The van der Waals surface area contributed by atoms with Gasteiger partial charge in [-0.3, -0.25) is 9.35 Å². The van der Waals surface area contributed by atoms with Gasteiger partial charge in [0.05, 0.1) is 6.42 Å². The van der Waals surface area contributed by atoms with E-state index in [1.54, 1.807) is 0 Å². The average Bonchev–Trinajstić information content (AvgIpc) is 2.34. The van der Waals surface area contributed by atoms with Gasteiger partial charge in [-0.05, 0) is 10.4 Å². The van der Waals surface area contributed by atoms with Gasteiger partial charge >= 0.3 is 0 Å². The summed E-state index contributed by atoms with van der Waals surface area (Å²) >= 11 is 0. The molecular weight excluding hydrogens is 200 g/mol. The minimum absolute atomic E-state index is 0.0348. The number of nitrogens with zero attached hydrogens (tertiary/aromatic N) is 4. The van der Waals surface area contributed by atoms with Crippen molar-refractivity contribution in [2.24, 2.45) is 0 Å². The van der Waals surface area contributed by atoms with E-state index in [-0.39, 0.29) is 12.2 Å². The fourth-order valence-electron chi connectivity index (χ4n) is 0.669. The molecule has 8 nitrogen and oxygen atoms in total. The van der Waals surface area contributed by atoms with Gasteiger partial charge in [0.1, 0.15) is 0 Å². The van der Waals surface area contributed by atoms with E-state index in [9.17, 15) is 13.2 Å². The highest BCUT2D eigenvalue weighted by atomic mass is 32.2. The minimum Gasteiger partial charge on any atom is -0.290 e. The fraction of sp³-hybridized carbons (Fsp3) is 0.500. The zero-order valence-corrected chi connectivity index (χ0v) is 7.10. The molecule has 0 bridgehead atoms. The SMILES string of the molecule is O=[C]Cc1nnnn1CS(=O)(=O)O. The van der Waals surface area contributed by atoms with Gasteiger partial charge in [0.2, 0.25) is 6.29 Å². The first kappa shape index (κ1) is 9.74. The van der Waals surface area contributed by atoms with Crippen LogP contribution in [0.4, 0.5) is 0 Å². The van der Waals surface area contributed by atoms with Crippen LogP contribution in [0.2, 0.25) is 0 Å². The van der Waals surface area contributed by atoms with Crippen molar-refractivity contribution in [3.05, 3.63) is 5.82 Å². The molecule has 0 fully saturated rings. The van der Waals surface area contributed by atoms with Gasteiger partial charge in [-0.15, -0.1) is 5.10 Å². The monoisotopic (exact) mass is 205 g/mol. The molecule has 0 aliphatic heterocycles. The van der Waals surface area contributed by atoms with Crippen LogP contribution in [0.15, 0.2) is 0 Å². The molecule has 0 atom stereocenters. The van der Waals surface area contributed by atoms with Crippen LogP contribution in [0.5, 0.6) is 0 Å². The van der Waals surface area contributed by atoms with Crippen molar-refractivity contribution >= 4 is 16.4 Å². The molecule has 0 spiro atoms. The molecule has 1 aromatic rings. The molecule has 0 amide bonds.